The van der Waals surface area contributed by atoms with Crippen molar-refractivity contribution in [3.63, 3.8) is 0 Å². The lowest BCUT2D eigenvalue weighted by atomic mass is 9.49. The molecule has 50 heavy (non-hydrogen) atoms. The van der Waals surface area contributed by atoms with Crippen LogP contribution in [-0.4, -0.2) is 84.0 Å². The SMILES string of the molecule is C=C1C2C(=O)C3(C)C(OC14C(OC(C)=O)C(=O)OC(c1ccoc1)C4(C)C2O)C(OC(=O)C(C)CC)C(OC(C)=O)C(C)(C)C3CC(=O)OC. The van der Waals surface area contributed by atoms with Crippen molar-refractivity contribution in [1.82, 2.24) is 0 Å². The average molecular weight is 703 g/mol. The second-order valence-corrected chi connectivity index (χ2v) is 14.9. The third-order valence-corrected chi connectivity index (χ3v) is 11.9. The van der Waals surface area contributed by atoms with Crippen molar-refractivity contribution in [3.05, 3.63) is 36.3 Å². The number of hydrogen-bond donors (Lipinski definition) is 1. The molecular formula is C36H46O14. The zero-order valence-electron chi connectivity index (χ0n) is 29.8. The van der Waals surface area contributed by atoms with E-state index in [0.29, 0.717) is 12.0 Å². The summed E-state index contributed by atoms with van der Waals surface area (Å²) in [6, 6.07) is 1.52. The smallest absolute Gasteiger partial charge is 0.351 e. The fourth-order valence-electron chi connectivity index (χ4n) is 9.09. The van der Waals surface area contributed by atoms with E-state index < -0.39 is 112 Å². The van der Waals surface area contributed by atoms with Crippen molar-refractivity contribution < 1.29 is 66.7 Å². The molecule has 0 aromatic carbocycles. The van der Waals surface area contributed by atoms with Gasteiger partial charge in [0, 0.05) is 24.8 Å². The number of fused-ring (bicyclic) bond motifs is 2. The van der Waals surface area contributed by atoms with Gasteiger partial charge in [-0.3, -0.25) is 24.0 Å². The molecule has 2 saturated heterocycles. The molecule has 14 nitrogen and oxygen atoms in total. The number of aliphatic hydroxyl groups excluding tert-OH is 1. The molecule has 2 bridgehead atoms. The summed E-state index contributed by atoms with van der Waals surface area (Å²) in [7, 11) is 1.19. The van der Waals surface area contributed by atoms with Gasteiger partial charge in [0.25, 0.3) is 0 Å². The van der Waals surface area contributed by atoms with Crippen LogP contribution in [0.15, 0.2) is 35.2 Å². The van der Waals surface area contributed by atoms with Gasteiger partial charge < -0.3 is 37.9 Å². The Balaban J connectivity index is 1.87. The first-order valence-corrected chi connectivity index (χ1v) is 16.7. The highest BCUT2D eigenvalue weighted by Gasteiger charge is 2.83. The molecule has 1 spiro atoms. The molecule has 2 saturated carbocycles. The van der Waals surface area contributed by atoms with Crippen LogP contribution in [0.1, 0.15) is 79.9 Å². The van der Waals surface area contributed by atoms with E-state index in [2.05, 4.69) is 6.58 Å². The number of furan rings is 1. The summed E-state index contributed by atoms with van der Waals surface area (Å²) < 4.78 is 41.1. The van der Waals surface area contributed by atoms with Crippen molar-refractivity contribution in [3.8, 4) is 0 Å². The van der Waals surface area contributed by atoms with Gasteiger partial charge in [0.05, 0.1) is 54.8 Å². The molecule has 1 aromatic rings. The maximum atomic E-state index is 15.4. The van der Waals surface area contributed by atoms with Gasteiger partial charge in [-0.2, -0.15) is 0 Å². The van der Waals surface area contributed by atoms with Gasteiger partial charge in [-0.1, -0.05) is 34.3 Å². The molecule has 1 aromatic heterocycles. The lowest BCUT2D eigenvalue weighted by molar-refractivity contribution is -0.317. The molecule has 14 heteroatoms. The Labute approximate surface area is 290 Å². The fraction of sp³-hybridized carbons (Fsp3) is 0.667. The van der Waals surface area contributed by atoms with Crippen molar-refractivity contribution in [2.24, 2.45) is 34.0 Å². The number of hydrogen-bond acceptors (Lipinski definition) is 14. The van der Waals surface area contributed by atoms with Gasteiger partial charge in [0.15, 0.2) is 11.9 Å². The Morgan fingerprint density at radius 3 is 2.22 bits per heavy atom. The van der Waals surface area contributed by atoms with E-state index in [4.69, 9.17) is 32.8 Å². The van der Waals surface area contributed by atoms with Crippen LogP contribution in [0, 0.1) is 34.0 Å². The molecule has 0 amide bonds. The molecule has 4 fully saturated rings. The minimum Gasteiger partial charge on any atom is -0.472 e. The molecule has 5 rings (SSSR count). The monoisotopic (exact) mass is 702 g/mol. The number of ether oxygens (including phenoxy) is 6. The van der Waals surface area contributed by atoms with Crippen LogP contribution in [0.3, 0.4) is 0 Å². The standard InChI is InChI=1S/C36H46O14/c1-11-16(2)31(42)48-24-28(46-18(4)37)33(6,7)21(14-22(39)44-10)34(8)25(40)23-17(3)36(50-29(24)34)30(47-19(5)38)32(43)49-27(20-12-13-45-15-20)35(36,9)26(23)41/h12-13,15-16,21,23-24,26-30,41H,3,11,14H2,1-2,4-10H3. The molecule has 12 atom stereocenters. The van der Waals surface area contributed by atoms with Crippen LogP contribution in [0.4, 0.5) is 0 Å². The van der Waals surface area contributed by atoms with Crippen LogP contribution in [0.5, 0.6) is 0 Å². The molecular weight excluding hydrogens is 656 g/mol. The summed E-state index contributed by atoms with van der Waals surface area (Å²) in [4.78, 5) is 81.6. The van der Waals surface area contributed by atoms with Gasteiger partial charge >= 0.3 is 29.8 Å². The van der Waals surface area contributed by atoms with Crippen molar-refractivity contribution in [2.75, 3.05) is 7.11 Å². The molecule has 2 aliphatic heterocycles. The topological polar surface area (TPSA) is 191 Å². The van der Waals surface area contributed by atoms with Gasteiger partial charge in [-0.15, -0.1) is 0 Å². The van der Waals surface area contributed by atoms with Crippen molar-refractivity contribution >= 4 is 35.6 Å². The maximum absolute atomic E-state index is 15.4. The van der Waals surface area contributed by atoms with E-state index in [1.807, 2.05) is 0 Å². The number of aliphatic hydroxyl groups is 1. The average Bonchev–Trinajstić information content (AvgIpc) is 3.62. The first kappa shape index (κ1) is 37.2. The number of methoxy groups -OCH3 is 1. The molecule has 0 radical (unpaired) electrons. The van der Waals surface area contributed by atoms with E-state index in [9.17, 15) is 29.1 Å². The van der Waals surface area contributed by atoms with E-state index in [1.165, 1.54) is 46.5 Å². The Morgan fingerprint density at radius 1 is 1.04 bits per heavy atom. The zero-order chi connectivity index (χ0) is 37.3. The lowest BCUT2D eigenvalue weighted by Crippen LogP contribution is -2.75. The van der Waals surface area contributed by atoms with Crippen LogP contribution in [0.2, 0.25) is 0 Å². The first-order chi connectivity index (χ1) is 23.3. The third-order valence-electron chi connectivity index (χ3n) is 11.9. The van der Waals surface area contributed by atoms with Gasteiger partial charge in [0.1, 0.15) is 23.9 Å². The summed E-state index contributed by atoms with van der Waals surface area (Å²) in [6.07, 6.45) is -6.59. The summed E-state index contributed by atoms with van der Waals surface area (Å²) in [5.74, 6) is -7.83. The molecule has 12 unspecified atom stereocenters. The van der Waals surface area contributed by atoms with E-state index >= 15 is 4.79 Å². The highest BCUT2D eigenvalue weighted by Crippen LogP contribution is 2.71. The van der Waals surface area contributed by atoms with Crippen molar-refractivity contribution in [2.45, 2.75) is 110 Å². The number of carbonyl (C=O) groups is 6. The second kappa shape index (κ2) is 12.6. The molecule has 274 valence electrons. The minimum absolute atomic E-state index is 0.0739. The number of esters is 5. The lowest BCUT2D eigenvalue weighted by Gasteiger charge is -2.62. The number of carbonyl (C=O) groups excluding carboxylic acids is 6. The van der Waals surface area contributed by atoms with Crippen LogP contribution >= 0.6 is 0 Å². The first-order valence-electron chi connectivity index (χ1n) is 16.7. The maximum Gasteiger partial charge on any atom is 0.351 e. The fourth-order valence-corrected chi connectivity index (χ4v) is 9.09. The number of ketones is 1. The predicted octanol–water partition coefficient (Wildman–Crippen LogP) is 3.18. The molecule has 2 aliphatic carbocycles. The van der Waals surface area contributed by atoms with Crippen molar-refractivity contribution in [1.29, 1.82) is 0 Å². The van der Waals surface area contributed by atoms with Crippen LogP contribution < -0.4 is 0 Å². The van der Waals surface area contributed by atoms with E-state index in [-0.39, 0.29) is 12.0 Å². The van der Waals surface area contributed by atoms with E-state index in [0.717, 1.165) is 6.92 Å². The summed E-state index contributed by atoms with van der Waals surface area (Å²) in [5.41, 5.74) is -6.82. The molecule has 1 N–H and O–H groups in total. The Bertz CT molecular complexity index is 1590. The highest BCUT2D eigenvalue weighted by atomic mass is 16.6. The predicted molar refractivity (Wildman–Crippen MR) is 169 cm³/mol. The molecule has 4 aliphatic rings. The van der Waals surface area contributed by atoms with E-state index in [1.54, 1.807) is 27.7 Å². The number of rotatable bonds is 8. The normalized spacial score (nSPS) is 39.2. The highest BCUT2D eigenvalue weighted by molar-refractivity contribution is 5.95. The van der Waals surface area contributed by atoms with Crippen LogP contribution in [-0.2, 0) is 57.2 Å². The van der Waals surface area contributed by atoms with Gasteiger partial charge in [-0.05, 0) is 37.8 Å². The van der Waals surface area contributed by atoms with Gasteiger partial charge in [-0.25, -0.2) is 4.79 Å². The Kier molecular flexibility index (Phi) is 9.40. The number of cyclic esters (lactones) is 1. The third kappa shape index (κ3) is 5.03. The summed E-state index contributed by atoms with van der Waals surface area (Å²) in [6.45, 7) is 16.3. The zero-order valence-corrected chi connectivity index (χ0v) is 29.8. The van der Waals surface area contributed by atoms with Crippen LogP contribution in [0.25, 0.3) is 0 Å². The summed E-state index contributed by atoms with van der Waals surface area (Å²) in [5, 5.41) is 12.4. The quantitative estimate of drug-likeness (QED) is 0.236. The summed E-state index contributed by atoms with van der Waals surface area (Å²) >= 11 is 0. The molecule has 3 heterocycles. The largest absolute Gasteiger partial charge is 0.472 e. The minimum atomic E-state index is -2.20. The Morgan fingerprint density at radius 2 is 1.68 bits per heavy atom. The van der Waals surface area contributed by atoms with Gasteiger partial charge in [0.2, 0.25) is 6.10 Å². The number of Topliss-reactive ketones (excluding diaryl/α,β-unsaturated/α-hetero) is 1. The second-order valence-electron chi connectivity index (χ2n) is 14.9. The Hall–Kier alpha value is -4.04.